The number of ether oxygens (including phenoxy) is 1. The minimum Gasteiger partial charge on any atom is -0.507 e. The molecule has 180 valence electrons. The quantitative estimate of drug-likeness (QED) is 0.258. The number of carbonyl (C=O) groups excluding carboxylic acids is 2. The number of nitrogens with zero attached hydrogens (tertiary/aromatic N) is 1. The van der Waals surface area contributed by atoms with Crippen molar-refractivity contribution in [2.24, 2.45) is 0 Å². The summed E-state index contributed by atoms with van der Waals surface area (Å²) in [5.74, 6) is -0.884. The molecular weight excluding hydrogens is 438 g/mol. The second-order valence-corrected chi connectivity index (χ2v) is 9.75. The minimum atomic E-state index is -0.743. The standard InChI is InChI=1S/C30H31NO4/c1-5-19-35-24-17-11-21(12-18-24)27(32)25-26(20-9-7-6-8-10-20)31(29(34)28(25)33)23-15-13-22(14-16-23)30(2,3)4/h6-18,26,32H,5,19H2,1-4H3/b27-25+. The lowest BCUT2D eigenvalue weighted by molar-refractivity contribution is -0.132. The Morgan fingerprint density at radius 1 is 0.914 bits per heavy atom. The van der Waals surface area contributed by atoms with Gasteiger partial charge < -0.3 is 9.84 Å². The Labute approximate surface area is 206 Å². The van der Waals surface area contributed by atoms with Crippen LogP contribution >= 0.6 is 0 Å². The van der Waals surface area contributed by atoms with Crippen LogP contribution in [0, 0.1) is 0 Å². The first kappa shape index (κ1) is 24.3. The van der Waals surface area contributed by atoms with Crippen molar-refractivity contribution < 1.29 is 19.4 Å². The van der Waals surface area contributed by atoms with Crippen molar-refractivity contribution in [3.05, 3.63) is 101 Å². The van der Waals surface area contributed by atoms with Crippen molar-refractivity contribution >= 4 is 23.1 Å². The molecule has 35 heavy (non-hydrogen) atoms. The van der Waals surface area contributed by atoms with Gasteiger partial charge in [-0.3, -0.25) is 14.5 Å². The summed E-state index contributed by atoms with van der Waals surface area (Å²) >= 11 is 0. The monoisotopic (exact) mass is 469 g/mol. The van der Waals surface area contributed by atoms with Gasteiger partial charge in [-0.05, 0) is 59.4 Å². The van der Waals surface area contributed by atoms with Gasteiger partial charge in [0.05, 0.1) is 18.2 Å². The molecule has 4 rings (SSSR count). The summed E-state index contributed by atoms with van der Waals surface area (Å²) in [6.45, 7) is 8.99. The fourth-order valence-corrected chi connectivity index (χ4v) is 4.26. The number of amides is 1. The van der Waals surface area contributed by atoms with Crippen molar-refractivity contribution in [3.8, 4) is 5.75 Å². The van der Waals surface area contributed by atoms with E-state index in [1.165, 1.54) is 4.90 Å². The fraction of sp³-hybridized carbons (Fsp3) is 0.267. The highest BCUT2D eigenvalue weighted by molar-refractivity contribution is 6.51. The number of benzene rings is 3. The molecule has 5 heteroatoms. The summed E-state index contributed by atoms with van der Waals surface area (Å²) in [5, 5.41) is 11.3. The van der Waals surface area contributed by atoms with E-state index in [9.17, 15) is 14.7 Å². The van der Waals surface area contributed by atoms with E-state index in [2.05, 4.69) is 20.8 Å². The van der Waals surface area contributed by atoms with E-state index in [4.69, 9.17) is 4.74 Å². The summed E-state index contributed by atoms with van der Waals surface area (Å²) < 4.78 is 5.63. The number of anilines is 1. The lowest BCUT2D eigenvalue weighted by Crippen LogP contribution is -2.29. The second kappa shape index (κ2) is 9.79. The maximum Gasteiger partial charge on any atom is 0.300 e. The van der Waals surface area contributed by atoms with E-state index in [1.807, 2.05) is 61.5 Å². The fourth-order valence-electron chi connectivity index (χ4n) is 4.26. The van der Waals surface area contributed by atoms with Gasteiger partial charge in [0.15, 0.2) is 0 Å². The highest BCUT2D eigenvalue weighted by Gasteiger charge is 2.46. The topological polar surface area (TPSA) is 66.8 Å². The third kappa shape index (κ3) is 4.85. The molecule has 0 aromatic heterocycles. The third-order valence-electron chi connectivity index (χ3n) is 6.17. The molecule has 0 spiro atoms. The number of hydrogen-bond donors (Lipinski definition) is 1. The molecule has 3 aromatic rings. The van der Waals surface area contributed by atoms with Crippen LogP contribution in [0.25, 0.3) is 5.76 Å². The smallest absolute Gasteiger partial charge is 0.300 e. The van der Waals surface area contributed by atoms with Gasteiger partial charge in [-0.15, -0.1) is 0 Å². The molecule has 0 bridgehead atoms. The van der Waals surface area contributed by atoms with Crippen molar-refractivity contribution in [1.29, 1.82) is 0 Å². The average molecular weight is 470 g/mol. The van der Waals surface area contributed by atoms with Gasteiger partial charge >= 0.3 is 0 Å². The van der Waals surface area contributed by atoms with Crippen molar-refractivity contribution in [2.75, 3.05) is 11.5 Å². The maximum absolute atomic E-state index is 13.3. The van der Waals surface area contributed by atoms with E-state index < -0.39 is 17.7 Å². The highest BCUT2D eigenvalue weighted by Crippen LogP contribution is 2.42. The highest BCUT2D eigenvalue weighted by atomic mass is 16.5. The zero-order valence-corrected chi connectivity index (χ0v) is 20.6. The second-order valence-electron chi connectivity index (χ2n) is 9.75. The van der Waals surface area contributed by atoms with Gasteiger partial charge in [-0.2, -0.15) is 0 Å². The van der Waals surface area contributed by atoms with Crippen LogP contribution in [0.15, 0.2) is 84.4 Å². The number of hydrogen-bond acceptors (Lipinski definition) is 4. The van der Waals surface area contributed by atoms with Crippen LogP contribution in [0.3, 0.4) is 0 Å². The number of Topliss-reactive ketones (excluding diaryl/α,β-unsaturated/α-hetero) is 1. The molecule has 5 nitrogen and oxygen atoms in total. The van der Waals surface area contributed by atoms with Gasteiger partial charge in [0, 0.05) is 11.3 Å². The molecule has 0 radical (unpaired) electrons. The van der Waals surface area contributed by atoms with Gasteiger partial charge in [0.25, 0.3) is 11.7 Å². The van der Waals surface area contributed by atoms with Gasteiger partial charge in [0.1, 0.15) is 11.5 Å². The first-order chi connectivity index (χ1) is 16.7. The van der Waals surface area contributed by atoms with Gasteiger partial charge in [-0.25, -0.2) is 0 Å². The molecular formula is C30H31NO4. The minimum absolute atomic E-state index is 0.0431. The first-order valence-electron chi connectivity index (χ1n) is 11.9. The van der Waals surface area contributed by atoms with E-state index >= 15 is 0 Å². The van der Waals surface area contributed by atoms with Gasteiger partial charge in [-0.1, -0.05) is 70.2 Å². The molecule has 1 atom stereocenters. The van der Waals surface area contributed by atoms with Crippen LogP contribution in [-0.2, 0) is 15.0 Å². The van der Waals surface area contributed by atoms with Crippen molar-refractivity contribution in [3.63, 3.8) is 0 Å². The van der Waals surface area contributed by atoms with Crippen LogP contribution in [0.2, 0.25) is 0 Å². The molecule has 1 heterocycles. The number of carbonyl (C=O) groups is 2. The summed E-state index contributed by atoms with van der Waals surface area (Å²) in [6, 6.07) is 23.2. The lowest BCUT2D eigenvalue weighted by Gasteiger charge is -2.26. The van der Waals surface area contributed by atoms with Gasteiger partial charge in [0.2, 0.25) is 0 Å². The van der Waals surface area contributed by atoms with Crippen molar-refractivity contribution in [2.45, 2.75) is 45.6 Å². The summed E-state index contributed by atoms with van der Waals surface area (Å²) in [5.41, 5.74) is 2.96. The van der Waals surface area contributed by atoms with Crippen LogP contribution < -0.4 is 9.64 Å². The predicted molar refractivity (Wildman–Crippen MR) is 139 cm³/mol. The molecule has 1 fully saturated rings. The molecule has 1 unspecified atom stereocenters. The Morgan fingerprint density at radius 2 is 1.54 bits per heavy atom. The molecule has 1 amide bonds. The molecule has 1 aliphatic heterocycles. The zero-order chi connectivity index (χ0) is 25.2. The Hall–Kier alpha value is -3.86. The van der Waals surface area contributed by atoms with Crippen molar-refractivity contribution in [1.82, 2.24) is 0 Å². The summed E-state index contributed by atoms with van der Waals surface area (Å²) in [6.07, 6.45) is 0.888. The summed E-state index contributed by atoms with van der Waals surface area (Å²) in [7, 11) is 0. The van der Waals surface area contributed by atoms with E-state index in [-0.39, 0.29) is 16.7 Å². The predicted octanol–water partition coefficient (Wildman–Crippen LogP) is 6.40. The lowest BCUT2D eigenvalue weighted by atomic mass is 9.87. The Morgan fingerprint density at radius 3 is 2.11 bits per heavy atom. The average Bonchev–Trinajstić information content (AvgIpc) is 3.13. The van der Waals surface area contributed by atoms with E-state index in [1.54, 1.807) is 24.3 Å². The Bertz CT molecular complexity index is 1240. The molecule has 1 N–H and O–H groups in total. The van der Waals surface area contributed by atoms with E-state index in [0.29, 0.717) is 23.6 Å². The van der Waals surface area contributed by atoms with Crippen LogP contribution in [0.5, 0.6) is 5.75 Å². The number of rotatable bonds is 6. The third-order valence-corrected chi connectivity index (χ3v) is 6.17. The number of ketones is 1. The Balaban J connectivity index is 1.81. The molecule has 3 aromatic carbocycles. The largest absolute Gasteiger partial charge is 0.507 e. The SMILES string of the molecule is CCCOc1ccc(/C(O)=C2\C(=O)C(=O)N(c3ccc(C(C)(C)C)cc3)C2c2ccccc2)cc1. The normalized spacial score (nSPS) is 17.6. The molecule has 0 saturated carbocycles. The number of aliphatic hydroxyl groups excluding tert-OH is 1. The van der Waals surface area contributed by atoms with Crippen LogP contribution in [-0.4, -0.2) is 23.4 Å². The molecule has 1 saturated heterocycles. The molecule has 0 aliphatic carbocycles. The zero-order valence-electron chi connectivity index (χ0n) is 20.6. The van der Waals surface area contributed by atoms with Crippen LogP contribution in [0.4, 0.5) is 5.69 Å². The first-order valence-corrected chi connectivity index (χ1v) is 11.9. The molecule has 1 aliphatic rings. The summed E-state index contributed by atoms with van der Waals surface area (Å²) in [4.78, 5) is 28.1. The maximum atomic E-state index is 13.3. The Kier molecular flexibility index (Phi) is 6.79. The van der Waals surface area contributed by atoms with Crippen LogP contribution in [0.1, 0.15) is 56.8 Å². The van der Waals surface area contributed by atoms with E-state index in [0.717, 1.165) is 17.5 Å². The number of aliphatic hydroxyl groups is 1.